The minimum absolute atomic E-state index is 0.120. The SMILES string of the molecule is C[C@H]1CCC[C@@]2(OC1)OC1CC3C4CCC5C[C@@H](OC6O[C@H](CO)[C@@H](O[C@H]7O[C@H](C)[C@@H](O)[C@H](O)[C@H]7O)[C@H](O)[C@H]6O[C@@H]6O[C@@H](C)[C@H](O)[C@@H](O)[C@H]6O)CC[C@]5(C)C4CC[C@]3(C)C1[C@@H]2C. The van der Waals surface area contributed by atoms with Gasteiger partial charge < -0.3 is 78.7 Å². The maximum Gasteiger partial charge on any atom is 0.187 e. The fourth-order valence-electron chi connectivity index (χ4n) is 14.8. The molecule has 0 radical (unpaired) electrons. The first kappa shape index (κ1) is 46.5. The van der Waals surface area contributed by atoms with Crippen molar-refractivity contribution in [3.05, 3.63) is 0 Å². The molecule has 0 aromatic rings. The molecule has 16 heteroatoms. The van der Waals surface area contributed by atoms with Gasteiger partial charge in [-0.05, 0) is 124 Å². The van der Waals surface area contributed by atoms with Crippen LogP contribution in [-0.2, 0) is 37.9 Å². The van der Waals surface area contributed by atoms with E-state index in [1.807, 2.05) is 0 Å². The summed E-state index contributed by atoms with van der Waals surface area (Å²) < 4.78 is 50.5. The van der Waals surface area contributed by atoms with Gasteiger partial charge in [-0.2, -0.15) is 0 Å². The van der Waals surface area contributed by atoms with Crippen molar-refractivity contribution in [2.24, 2.45) is 52.3 Å². The third-order valence-electron chi connectivity index (χ3n) is 18.4. The maximum atomic E-state index is 12.0. The van der Waals surface area contributed by atoms with Crippen LogP contribution in [0.3, 0.4) is 0 Å². The summed E-state index contributed by atoms with van der Waals surface area (Å²) in [6.07, 6.45) is -9.77. The lowest BCUT2D eigenvalue weighted by Gasteiger charge is -2.61. The molecule has 4 aliphatic carbocycles. The van der Waals surface area contributed by atoms with Crippen molar-refractivity contribution < 1.29 is 78.7 Å². The van der Waals surface area contributed by atoms with E-state index in [2.05, 4.69) is 27.7 Å². The quantitative estimate of drug-likeness (QED) is 0.170. The van der Waals surface area contributed by atoms with Crippen LogP contribution < -0.4 is 0 Å². The molecule has 7 unspecified atom stereocenters. The van der Waals surface area contributed by atoms with Crippen LogP contribution in [-0.4, -0.2) is 164 Å². The third-order valence-corrected chi connectivity index (χ3v) is 18.4. The summed E-state index contributed by atoms with van der Waals surface area (Å²) >= 11 is 0. The van der Waals surface area contributed by atoms with Gasteiger partial charge in [-0.3, -0.25) is 0 Å². The fourth-order valence-corrected chi connectivity index (χ4v) is 14.8. The lowest BCUT2D eigenvalue weighted by Crippen LogP contribution is -2.66. The first-order valence-electron chi connectivity index (χ1n) is 24.0. The van der Waals surface area contributed by atoms with Crippen LogP contribution in [0.2, 0.25) is 0 Å². The van der Waals surface area contributed by atoms with Gasteiger partial charge in [0.1, 0.15) is 61.0 Å². The van der Waals surface area contributed by atoms with Crippen LogP contribution in [0.25, 0.3) is 0 Å². The van der Waals surface area contributed by atoms with Crippen LogP contribution in [0.1, 0.15) is 112 Å². The van der Waals surface area contributed by atoms with Crippen molar-refractivity contribution in [1.82, 2.24) is 0 Å². The van der Waals surface area contributed by atoms with Gasteiger partial charge in [-0.25, -0.2) is 0 Å². The van der Waals surface area contributed by atoms with Crippen molar-refractivity contribution in [1.29, 1.82) is 0 Å². The van der Waals surface area contributed by atoms with Crippen molar-refractivity contribution >= 4 is 0 Å². The number of fused-ring (bicyclic) bond motifs is 7. The van der Waals surface area contributed by atoms with Crippen molar-refractivity contribution in [2.75, 3.05) is 13.2 Å². The van der Waals surface area contributed by atoms with E-state index in [4.69, 9.17) is 37.9 Å². The van der Waals surface area contributed by atoms with E-state index in [1.54, 1.807) is 0 Å². The highest BCUT2D eigenvalue weighted by Gasteiger charge is 2.69. The molecule has 5 saturated heterocycles. The van der Waals surface area contributed by atoms with Crippen molar-refractivity contribution in [3.63, 3.8) is 0 Å². The Balaban J connectivity index is 0.896. The molecule has 27 atom stereocenters. The predicted molar refractivity (Wildman–Crippen MR) is 217 cm³/mol. The molecule has 9 aliphatic rings. The zero-order chi connectivity index (χ0) is 44.2. The molecule has 1 spiro atoms. The molecular weight excluding hydrogens is 808 g/mol. The van der Waals surface area contributed by atoms with E-state index >= 15 is 0 Å². The molecule has 9 fully saturated rings. The molecule has 9 rings (SSSR count). The van der Waals surface area contributed by atoms with Crippen LogP contribution in [0.4, 0.5) is 0 Å². The highest BCUT2D eigenvalue weighted by molar-refractivity contribution is 5.15. The second-order valence-electron chi connectivity index (χ2n) is 21.8. The molecule has 5 aliphatic heterocycles. The van der Waals surface area contributed by atoms with Gasteiger partial charge in [-0.15, -0.1) is 0 Å². The lowest BCUT2D eigenvalue weighted by atomic mass is 9.44. The van der Waals surface area contributed by atoms with Crippen molar-refractivity contribution in [2.45, 2.75) is 222 Å². The molecule has 4 saturated carbocycles. The summed E-state index contributed by atoms with van der Waals surface area (Å²) in [7, 11) is 0. The molecule has 0 aromatic carbocycles. The molecule has 8 N–H and O–H groups in total. The smallest absolute Gasteiger partial charge is 0.187 e. The van der Waals surface area contributed by atoms with Crippen LogP contribution in [0.15, 0.2) is 0 Å². The first-order valence-corrected chi connectivity index (χ1v) is 24.0. The topological polar surface area (TPSA) is 236 Å². The van der Waals surface area contributed by atoms with E-state index in [-0.39, 0.29) is 23.0 Å². The molecule has 356 valence electrons. The van der Waals surface area contributed by atoms with Crippen molar-refractivity contribution in [3.8, 4) is 0 Å². The van der Waals surface area contributed by atoms with Gasteiger partial charge in [0.15, 0.2) is 24.7 Å². The van der Waals surface area contributed by atoms with Gasteiger partial charge in [0.25, 0.3) is 0 Å². The second-order valence-corrected chi connectivity index (χ2v) is 21.8. The highest BCUT2D eigenvalue weighted by atomic mass is 16.8. The number of aliphatic hydroxyl groups excluding tert-OH is 8. The number of rotatable bonds is 7. The zero-order valence-electron chi connectivity index (χ0n) is 37.4. The highest BCUT2D eigenvalue weighted by Crippen LogP contribution is 2.71. The van der Waals surface area contributed by atoms with Gasteiger partial charge in [-0.1, -0.05) is 27.7 Å². The number of ether oxygens (including phenoxy) is 8. The Labute approximate surface area is 365 Å². The number of aliphatic hydroxyl groups is 8. The second kappa shape index (κ2) is 17.5. The molecule has 62 heavy (non-hydrogen) atoms. The zero-order valence-corrected chi connectivity index (χ0v) is 37.4. The Hall–Kier alpha value is -0.640. The van der Waals surface area contributed by atoms with Gasteiger partial charge in [0.2, 0.25) is 0 Å². The normalized spacial score (nSPS) is 59.1. The summed E-state index contributed by atoms with van der Waals surface area (Å²) in [6.45, 7) is 12.9. The molecule has 0 aromatic heterocycles. The van der Waals surface area contributed by atoms with Crippen LogP contribution >= 0.6 is 0 Å². The summed E-state index contributed by atoms with van der Waals surface area (Å²) in [5.41, 5.74) is 0.343. The van der Waals surface area contributed by atoms with E-state index < -0.39 is 105 Å². The molecule has 16 nitrogen and oxygen atoms in total. The van der Waals surface area contributed by atoms with E-state index in [9.17, 15) is 40.9 Å². The molecule has 0 bridgehead atoms. The van der Waals surface area contributed by atoms with E-state index in [1.165, 1.54) is 33.1 Å². The van der Waals surface area contributed by atoms with Crippen LogP contribution in [0.5, 0.6) is 0 Å². The summed E-state index contributed by atoms with van der Waals surface area (Å²) in [5.74, 6) is 3.23. The molecular formula is C46H76O16. The first-order chi connectivity index (χ1) is 29.4. The minimum Gasteiger partial charge on any atom is -0.394 e. The summed E-state index contributed by atoms with van der Waals surface area (Å²) in [5, 5.41) is 86.0. The minimum atomic E-state index is -1.70. The Bertz CT molecular complexity index is 1560. The number of hydrogen-bond acceptors (Lipinski definition) is 16. The average molecular weight is 885 g/mol. The molecule has 5 heterocycles. The molecule has 0 amide bonds. The fraction of sp³-hybridized carbons (Fsp3) is 1.00. The maximum absolute atomic E-state index is 12.0. The van der Waals surface area contributed by atoms with Gasteiger partial charge in [0, 0.05) is 12.3 Å². The predicted octanol–water partition coefficient (Wildman–Crippen LogP) is 1.71. The van der Waals surface area contributed by atoms with Gasteiger partial charge in [0.05, 0.1) is 37.6 Å². The Kier molecular flexibility index (Phi) is 13.1. The Morgan fingerprint density at radius 1 is 0.597 bits per heavy atom. The third kappa shape index (κ3) is 7.67. The van der Waals surface area contributed by atoms with E-state index in [0.717, 1.165) is 58.0 Å². The van der Waals surface area contributed by atoms with Gasteiger partial charge >= 0.3 is 0 Å². The number of hydrogen-bond donors (Lipinski definition) is 8. The Morgan fingerprint density at radius 2 is 1.24 bits per heavy atom. The van der Waals surface area contributed by atoms with E-state index in [0.29, 0.717) is 41.4 Å². The van der Waals surface area contributed by atoms with Crippen LogP contribution in [0, 0.1) is 52.3 Å². The average Bonchev–Trinajstić information content (AvgIpc) is 3.61. The summed E-state index contributed by atoms with van der Waals surface area (Å²) in [6, 6.07) is 0. The standard InChI is InChI=1S/C46H76O16/c1-20-8-7-13-46(55-19-20)21(2)31-29(62-46)17-28-26-10-9-24-16-25(11-14-44(24,5)27(26)12-15-45(28,31)6)58-43-40(61-42-37(53)35(51)33(49)23(4)57-42)38(54)39(30(18-47)59-43)60-41-36(52)34(50)32(48)22(3)56-41/h20-43,47-54H,7-19H2,1-6H3/t20-,21-,22+,23-,24?,25-,26?,27?,28?,29?,30+,31?,32+,33-,34-,35+,36+,37+,38-,39+,40+,41+,42-,43?,44-,45-,46+/m0/s1. The monoisotopic (exact) mass is 885 g/mol. The lowest BCUT2D eigenvalue weighted by molar-refractivity contribution is -0.389. The summed E-state index contributed by atoms with van der Waals surface area (Å²) in [4.78, 5) is 0. The largest absolute Gasteiger partial charge is 0.394 e. The Morgan fingerprint density at radius 3 is 1.90 bits per heavy atom.